The van der Waals surface area contributed by atoms with Crippen LogP contribution in [-0.4, -0.2) is 35.6 Å². The molecule has 0 aromatic carbocycles. The highest BCUT2D eigenvalue weighted by Gasteiger charge is 2.27. The summed E-state index contributed by atoms with van der Waals surface area (Å²) in [6, 6.07) is 3.07. The SMILES string of the molecule is COC(=O)C(C)CC(N)C(=O)NC(C)(C)Cc1cccnc1. The zero-order valence-corrected chi connectivity index (χ0v) is 13.6. The van der Waals surface area contributed by atoms with E-state index in [0.717, 1.165) is 5.56 Å². The van der Waals surface area contributed by atoms with Crippen molar-refractivity contribution in [3.8, 4) is 0 Å². The number of nitrogens with one attached hydrogen (secondary N) is 1. The summed E-state index contributed by atoms with van der Waals surface area (Å²) in [5.41, 5.74) is 6.46. The lowest BCUT2D eigenvalue weighted by molar-refractivity contribution is -0.145. The Labute approximate surface area is 131 Å². The molecule has 0 aliphatic rings. The summed E-state index contributed by atoms with van der Waals surface area (Å²) < 4.78 is 4.64. The highest BCUT2D eigenvalue weighted by Crippen LogP contribution is 2.13. The van der Waals surface area contributed by atoms with E-state index in [1.807, 2.05) is 26.0 Å². The summed E-state index contributed by atoms with van der Waals surface area (Å²) in [5, 5.41) is 2.92. The molecule has 0 fully saturated rings. The van der Waals surface area contributed by atoms with Crippen molar-refractivity contribution in [3.05, 3.63) is 30.1 Å². The minimum Gasteiger partial charge on any atom is -0.469 e. The predicted octanol–water partition coefficient (Wildman–Crippen LogP) is 1.05. The van der Waals surface area contributed by atoms with Crippen molar-refractivity contribution in [2.75, 3.05) is 7.11 Å². The van der Waals surface area contributed by atoms with Crippen molar-refractivity contribution in [3.63, 3.8) is 0 Å². The van der Waals surface area contributed by atoms with Gasteiger partial charge in [-0.25, -0.2) is 0 Å². The number of carbonyl (C=O) groups is 2. The van der Waals surface area contributed by atoms with Gasteiger partial charge in [-0.3, -0.25) is 14.6 Å². The number of carbonyl (C=O) groups excluding carboxylic acids is 2. The average molecular weight is 307 g/mol. The Morgan fingerprint density at radius 1 is 1.45 bits per heavy atom. The Morgan fingerprint density at radius 2 is 2.14 bits per heavy atom. The molecule has 1 rings (SSSR count). The number of aromatic nitrogens is 1. The quantitative estimate of drug-likeness (QED) is 0.734. The minimum absolute atomic E-state index is 0.251. The van der Waals surface area contributed by atoms with Crippen molar-refractivity contribution in [2.45, 2.75) is 45.2 Å². The molecule has 0 radical (unpaired) electrons. The topological polar surface area (TPSA) is 94.3 Å². The lowest BCUT2D eigenvalue weighted by atomic mass is 9.94. The summed E-state index contributed by atoms with van der Waals surface area (Å²) >= 11 is 0. The van der Waals surface area contributed by atoms with Crippen LogP contribution in [0.1, 0.15) is 32.8 Å². The van der Waals surface area contributed by atoms with E-state index < -0.39 is 17.5 Å². The summed E-state index contributed by atoms with van der Waals surface area (Å²) in [5.74, 6) is -1.05. The van der Waals surface area contributed by atoms with Crippen LogP contribution in [0.15, 0.2) is 24.5 Å². The Balaban J connectivity index is 2.56. The lowest BCUT2D eigenvalue weighted by Gasteiger charge is -2.28. The third kappa shape index (κ3) is 5.81. The fraction of sp³-hybridized carbons (Fsp3) is 0.562. The maximum atomic E-state index is 12.2. The number of pyridine rings is 1. The zero-order chi connectivity index (χ0) is 16.8. The van der Waals surface area contributed by atoms with Crippen LogP contribution in [0.25, 0.3) is 0 Å². The first kappa shape index (κ1) is 18.1. The molecular formula is C16H25N3O3. The molecule has 0 aliphatic carbocycles. The van der Waals surface area contributed by atoms with E-state index in [4.69, 9.17) is 5.73 Å². The van der Waals surface area contributed by atoms with Gasteiger partial charge in [-0.15, -0.1) is 0 Å². The molecule has 22 heavy (non-hydrogen) atoms. The van der Waals surface area contributed by atoms with Crippen molar-refractivity contribution in [1.82, 2.24) is 10.3 Å². The van der Waals surface area contributed by atoms with E-state index >= 15 is 0 Å². The van der Waals surface area contributed by atoms with Gasteiger partial charge in [0.15, 0.2) is 0 Å². The number of esters is 1. The van der Waals surface area contributed by atoms with E-state index in [1.54, 1.807) is 19.3 Å². The van der Waals surface area contributed by atoms with Crippen molar-refractivity contribution in [2.24, 2.45) is 11.7 Å². The molecule has 122 valence electrons. The molecule has 2 unspecified atom stereocenters. The van der Waals surface area contributed by atoms with Crippen LogP contribution in [0.3, 0.4) is 0 Å². The number of hydrogen-bond donors (Lipinski definition) is 2. The minimum atomic E-state index is -0.748. The van der Waals surface area contributed by atoms with Gasteiger partial charge in [0.1, 0.15) is 0 Å². The normalized spacial score (nSPS) is 14.0. The summed E-state index contributed by atoms with van der Waals surface area (Å²) in [6.45, 7) is 5.54. The number of amides is 1. The smallest absolute Gasteiger partial charge is 0.308 e. The molecule has 0 saturated carbocycles. The third-order valence-electron chi connectivity index (χ3n) is 3.38. The first-order valence-corrected chi connectivity index (χ1v) is 7.29. The molecule has 1 heterocycles. The number of rotatable bonds is 7. The maximum absolute atomic E-state index is 12.2. The molecule has 1 aromatic rings. The maximum Gasteiger partial charge on any atom is 0.308 e. The van der Waals surface area contributed by atoms with Gasteiger partial charge in [-0.05, 0) is 38.3 Å². The average Bonchev–Trinajstić information content (AvgIpc) is 2.46. The van der Waals surface area contributed by atoms with Crippen LogP contribution in [-0.2, 0) is 20.7 Å². The van der Waals surface area contributed by atoms with Crippen molar-refractivity contribution in [1.29, 1.82) is 0 Å². The van der Waals surface area contributed by atoms with Gasteiger partial charge in [0.2, 0.25) is 5.91 Å². The Bertz CT molecular complexity index is 503. The number of hydrogen-bond acceptors (Lipinski definition) is 5. The number of nitrogens with zero attached hydrogens (tertiary/aromatic N) is 1. The van der Waals surface area contributed by atoms with Crippen molar-refractivity contribution < 1.29 is 14.3 Å². The van der Waals surface area contributed by atoms with Gasteiger partial charge < -0.3 is 15.8 Å². The van der Waals surface area contributed by atoms with Crippen LogP contribution in [0.5, 0.6) is 0 Å². The van der Waals surface area contributed by atoms with E-state index in [0.29, 0.717) is 6.42 Å². The van der Waals surface area contributed by atoms with Crippen LogP contribution in [0.2, 0.25) is 0 Å². The molecule has 0 saturated heterocycles. The Morgan fingerprint density at radius 3 is 2.68 bits per heavy atom. The summed E-state index contributed by atoms with van der Waals surface area (Å²) in [4.78, 5) is 27.6. The highest BCUT2D eigenvalue weighted by molar-refractivity contribution is 5.83. The Kier molecular flexibility index (Phi) is 6.49. The predicted molar refractivity (Wildman–Crippen MR) is 83.9 cm³/mol. The first-order chi connectivity index (χ1) is 10.2. The Hall–Kier alpha value is -1.95. The summed E-state index contributed by atoms with van der Waals surface area (Å²) in [7, 11) is 1.32. The second-order valence-electron chi connectivity index (χ2n) is 6.18. The summed E-state index contributed by atoms with van der Waals surface area (Å²) in [6.07, 6.45) is 4.37. The monoisotopic (exact) mass is 307 g/mol. The second-order valence-corrected chi connectivity index (χ2v) is 6.18. The molecular weight excluding hydrogens is 282 g/mol. The molecule has 1 amide bonds. The highest BCUT2D eigenvalue weighted by atomic mass is 16.5. The van der Waals surface area contributed by atoms with E-state index in [1.165, 1.54) is 7.11 Å². The molecule has 3 N–H and O–H groups in total. The van der Waals surface area contributed by atoms with Crippen LogP contribution < -0.4 is 11.1 Å². The largest absolute Gasteiger partial charge is 0.469 e. The first-order valence-electron chi connectivity index (χ1n) is 7.29. The number of nitrogens with two attached hydrogens (primary N) is 1. The number of methoxy groups -OCH3 is 1. The van der Waals surface area contributed by atoms with Gasteiger partial charge in [-0.1, -0.05) is 13.0 Å². The molecule has 1 aromatic heterocycles. The molecule has 0 bridgehead atoms. The second kappa shape index (κ2) is 7.89. The van der Waals surface area contributed by atoms with Crippen LogP contribution in [0.4, 0.5) is 0 Å². The molecule has 2 atom stereocenters. The molecule has 6 nitrogen and oxygen atoms in total. The van der Waals surface area contributed by atoms with Gasteiger partial charge in [0.25, 0.3) is 0 Å². The third-order valence-corrected chi connectivity index (χ3v) is 3.38. The van der Waals surface area contributed by atoms with Crippen molar-refractivity contribution >= 4 is 11.9 Å². The fourth-order valence-electron chi connectivity index (χ4n) is 2.27. The molecule has 0 spiro atoms. The van der Waals surface area contributed by atoms with Crippen LogP contribution in [0, 0.1) is 5.92 Å². The van der Waals surface area contributed by atoms with Crippen LogP contribution >= 0.6 is 0 Å². The molecule has 6 heteroatoms. The van der Waals surface area contributed by atoms with Gasteiger partial charge in [0.05, 0.1) is 19.1 Å². The van der Waals surface area contributed by atoms with E-state index in [9.17, 15) is 9.59 Å². The lowest BCUT2D eigenvalue weighted by Crippen LogP contribution is -2.52. The van der Waals surface area contributed by atoms with E-state index in [2.05, 4.69) is 15.0 Å². The van der Waals surface area contributed by atoms with Gasteiger partial charge in [0, 0.05) is 17.9 Å². The zero-order valence-electron chi connectivity index (χ0n) is 13.6. The molecule has 0 aliphatic heterocycles. The van der Waals surface area contributed by atoms with E-state index in [-0.39, 0.29) is 18.3 Å². The van der Waals surface area contributed by atoms with Gasteiger partial charge >= 0.3 is 5.97 Å². The fourth-order valence-corrected chi connectivity index (χ4v) is 2.27. The number of ether oxygens (including phenoxy) is 1. The van der Waals surface area contributed by atoms with Gasteiger partial charge in [-0.2, -0.15) is 0 Å². The standard InChI is InChI=1S/C16H25N3O3/c1-11(15(21)22-4)8-13(17)14(20)19-16(2,3)9-12-6-5-7-18-10-12/h5-7,10-11,13H,8-9,17H2,1-4H3,(H,19,20).